The Morgan fingerprint density at radius 1 is 1.10 bits per heavy atom. The van der Waals surface area contributed by atoms with E-state index in [0.717, 1.165) is 71.1 Å². The van der Waals surface area contributed by atoms with E-state index in [0.29, 0.717) is 18.4 Å². The number of carboxylic acid groups (broad SMARTS) is 1. The minimum absolute atomic E-state index is 0.0672. The van der Waals surface area contributed by atoms with Crippen LogP contribution in [0, 0.1) is 13.8 Å². The normalized spacial score (nSPS) is 20.7. The van der Waals surface area contributed by atoms with Gasteiger partial charge in [-0.05, 0) is 85.5 Å². The summed E-state index contributed by atoms with van der Waals surface area (Å²) in [6, 6.07) is 13.7. The van der Waals surface area contributed by atoms with E-state index in [2.05, 4.69) is 20.2 Å². The molecule has 0 unspecified atom stereocenters. The van der Waals surface area contributed by atoms with Gasteiger partial charge in [-0.1, -0.05) is 29.5 Å². The summed E-state index contributed by atoms with van der Waals surface area (Å²) >= 11 is 0. The van der Waals surface area contributed by atoms with Crippen molar-refractivity contribution < 1.29 is 18.3 Å². The van der Waals surface area contributed by atoms with E-state index >= 15 is 0 Å². The number of carboxylic acids is 1. The molecule has 2 fully saturated rings. The van der Waals surface area contributed by atoms with Crippen LogP contribution in [0.25, 0.3) is 11.0 Å². The van der Waals surface area contributed by atoms with Crippen LogP contribution in [0.15, 0.2) is 53.6 Å². The number of aliphatic carboxylic acids is 1. The highest BCUT2D eigenvalue weighted by atomic mass is 32.2. The van der Waals surface area contributed by atoms with Gasteiger partial charge in [0.1, 0.15) is 16.2 Å². The first-order chi connectivity index (χ1) is 20.2. The lowest BCUT2D eigenvalue weighted by atomic mass is 9.84. The number of nitrogens with zero attached hydrogens (tertiary/aromatic N) is 6. The zero-order chi connectivity index (χ0) is 29.2. The minimum Gasteiger partial charge on any atom is -0.481 e. The summed E-state index contributed by atoms with van der Waals surface area (Å²) in [5.74, 6) is -0.781. The van der Waals surface area contributed by atoms with Crippen molar-refractivity contribution in [2.24, 2.45) is 0 Å². The van der Waals surface area contributed by atoms with Gasteiger partial charge in [-0.3, -0.25) is 4.79 Å². The highest BCUT2D eigenvalue weighted by Crippen LogP contribution is 2.40. The average Bonchev–Trinajstić information content (AvgIpc) is 3.56. The molecule has 1 N–H and O–H groups in total. The summed E-state index contributed by atoms with van der Waals surface area (Å²) in [5, 5.41) is 18.8. The first kappa shape index (κ1) is 27.0. The number of benzene rings is 2. The second-order valence-electron chi connectivity index (χ2n) is 11.9. The van der Waals surface area contributed by atoms with Crippen LogP contribution in [0.5, 0.6) is 0 Å². The monoisotopic (exact) mass is 586 g/mol. The fourth-order valence-corrected chi connectivity index (χ4v) is 8.30. The van der Waals surface area contributed by atoms with Crippen molar-refractivity contribution in [2.45, 2.75) is 75.4 Å². The predicted octanol–water partition coefficient (Wildman–Crippen LogP) is 4.56. The van der Waals surface area contributed by atoms with Crippen LogP contribution in [0.3, 0.4) is 0 Å². The van der Waals surface area contributed by atoms with Crippen molar-refractivity contribution in [3.8, 4) is 0 Å². The van der Waals surface area contributed by atoms with Gasteiger partial charge in [0.25, 0.3) is 0 Å². The molecule has 2 aromatic heterocycles. The van der Waals surface area contributed by atoms with Crippen LogP contribution in [-0.4, -0.2) is 62.9 Å². The van der Waals surface area contributed by atoms with Gasteiger partial charge in [-0.2, -0.15) is 4.31 Å². The molecule has 2 atom stereocenters. The third kappa shape index (κ3) is 4.55. The number of carbonyl (C=O) groups is 1. The van der Waals surface area contributed by atoms with E-state index in [1.807, 2.05) is 48.9 Å². The van der Waals surface area contributed by atoms with Gasteiger partial charge in [0.05, 0.1) is 18.0 Å². The molecule has 3 aliphatic rings. The number of pyridine rings is 1. The number of rotatable bonds is 7. The van der Waals surface area contributed by atoms with Gasteiger partial charge < -0.3 is 10.0 Å². The molecular formula is C31H34N6O4S. The van der Waals surface area contributed by atoms with E-state index in [1.165, 1.54) is 0 Å². The molecule has 1 saturated heterocycles. The van der Waals surface area contributed by atoms with E-state index in [4.69, 9.17) is 0 Å². The van der Waals surface area contributed by atoms with Gasteiger partial charge >= 0.3 is 5.97 Å². The number of hydrogen-bond donors (Lipinski definition) is 1. The molecule has 2 aromatic carbocycles. The van der Waals surface area contributed by atoms with Gasteiger partial charge in [0.15, 0.2) is 0 Å². The Labute approximate surface area is 245 Å². The van der Waals surface area contributed by atoms with E-state index < -0.39 is 21.9 Å². The largest absolute Gasteiger partial charge is 0.481 e. The van der Waals surface area contributed by atoms with Crippen molar-refractivity contribution in [3.05, 3.63) is 76.5 Å². The van der Waals surface area contributed by atoms with Gasteiger partial charge in [-0.25, -0.2) is 18.1 Å². The lowest BCUT2D eigenvalue weighted by Crippen LogP contribution is -2.39. The predicted molar refractivity (Wildman–Crippen MR) is 158 cm³/mol. The zero-order valence-electron chi connectivity index (χ0n) is 23.8. The Morgan fingerprint density at radius 2 is 1.93 bits per heavy atom. The van der Waals surface area contributed by atoms with E-state index in [-0.39, 0.29) is 23.9 Å². The number of aromatic nitrogens is 4. The van der Waals surface area contributed by atoms with Gasteiger partial charge in [0, 0.05) is 37.8 Å². The summed E-state index contributed by atoms with van der Waals surface area (Å²) in [5.41, 5.74) is 6.25. The lowest BCUT2D eigenvalue weighted by molar-refractivity contribution is -0.137. The molecule has 4 aromatic rings. The molecule has 11 heteroatoms. The molecule has 0 spiro atoms. The number of anilines is 1. The molecule has 0 radical (unpaired) electrons. The first-order valence-electron chi connectivity index (χ1n) is 14.6. The van der Waals surface area contributed by atoms with Crippen LogP contribution < -0.4 is 4.90 Å². The molecule has 10 nitrogen and oxygen atoms in total. The SMILES string of the molecule is Cc1ccc([C@@H](CC(=O)O)c2ccc3c(nnn3C3CC3)c2C)cc1CN1C[C@H]2CCCN2c2ncccc2S1(=O)=O. The minimum atomic E-state index is -3.79. The summed E-state index contributed by atoms with van der Waals surface area (Å²) < 4.78 is 31.4. The number of hydrogen-bond acceptors (Lipinski definition) is 7. The van der Waals surface area contributed by atoms with Crippen molar-refractivity contribution in [1.82, 2.24) is 24.3 Å². The number of aryl methyl sites for hydroxylation is 2. The maximum absolute atomic E-state index is 13.9. The second-order valence-corrected chi connectivity index (χ2v) is 13.8. The molecule has 0 amide bonds. The maximum Gasteiger partial charge on any atom is 0.304 e. The highest BCUT2D eigenvalue weighted by molar-refractivity contribution is 7.89. The lowest BCUT2D eigenvalue weighted by Gasteiger charge is -2.26. The molecular weight excluding hydrogens is 552 g/mol. The molecule has 0 bridgehead atoms. The topological polar surface area (TPSA) is 122 Å². The molecule has 42 heavy (non-hydrogen) atoms. The van der Waals surface area contributed by atoms with Crippen LogP contribution in [0.1, 0.15) is 71.9 Å². The second kappa shape index (κ2) is 10.2. The summed E-state index contributed by atoms with van der Waals surface area (Å²) in [6.45, 7) is 5.33. The molecule has 4 heterocycles. The fraction of sp³-hybridized carbons (Fsp3) is 0.419. The molecule has 218 valence electrons. The summed E-state index contributed by atoms with van der Waals surface area (Å²) in [7, 11) is -3.79. The average molecular weight is 587 g/mol. The Hall–Kier alpha value is -3.83. The molecule has 1 saturated carbocycles. The van der Waals surface area contributed by atoms with E-state index in [1.54, 1.807) is 22.6 Å². The molecule has 2 aliphatic heterocycles. The van der Waals surface area contributed by atoms with Crippen LogP contribution in [0.2, 0.25) is 0 Å². The zero-order valence-corrected chi connectivity index (χ0v) is 24.6. The fourth-order valence-electron chi connectivity index (χ4n) is 6.70. The van der Waals surface area contributed by atoms with Crippen LogP contribution >= 0.6 is 0 Å². The quantitative estimate of drug-likeness (QED) is 0.335. The molecule has 1 aliphatic carbocycles. The maximum atomic E-state index is 13.9. The Bertz CT molecular complexity index is 1820. The van der Waals surface area contributed by atoms with Crippen LogP contribution in [0.4, 0.5) is 5.82 Å². The molecule has 7 rings (SSSR count). The summed E-state index contributed by atoms with van der Waals surface area (Å²) in [6.07, 6.45) is 5.67. The van der Waals surface area contributed by atoms with Crippen LogP contribution in [-0.2, 0) is 21.4 Å². The van der Waals surface area contributed by atoms with Crippen molar-refractivity contribution in [3.63, 3.8) is 0 Å². The van der Waals surface area contributed by atoms with Crippen molar-refractivity contribution in [1.29, 1.82) is 0 Å². The summed E-state index contributed by atoms with van der Waals surface area (Å²) in [4.78, 5) is 19.0. The standard InChI is InChI=1S/C31H34N6O4S/c1-19-7-8-21(26(16-29(38)39)25-11-12-27-30(20(25)2)33-34-37(27)23-9-10-23)15-22(19)17-35-18-24-5-4-14-36(24)31-28(42(35,40)41)6-3-13-32-31/h3,6-8,11-13,15,23-24,26H,4-5,9-10,14,16-18H2,1-2H3,(H,38,39)/t24-,26-/m1/s1. The third-order valence-electron chi connectivity index (χ3n) is 9.14. The number of fused-ring (bicyclic) bond motifs is 4. The van der Waals surface area contributed by atoms with Crippen molar-refractivity contribution >= 4 is 32.8 Å². The third-order valence-corrected chi connectivity index (χ3v) is 11.0. The van der Waals surface area contributed by atoms with Crippen molar-refractivity contribution in [2.75, 3.05) is 18.0 Å². The Balaban J connectivity index is 1.27. The van der Waals surface area contributed by atoms with Gasteiger partial charge in [-0.15, -0.1) is 5.10 Å². The Kier molecular flexibility index (Phi) is 6.54. The smallest absolute Gasteiger partial charge is 0.304 e. The number of sulfonamides is 1. The van der Waals surface area contributed by atoms with Gasteiger partial charge in [0.2, 0.25) is 10.0 Å². The Morgan fingerprint density at radius 3 is 2.71 bits per heavy atom. The highest BCUT2D eigenvalue weighted by Gasteiger charge is 2.40. The van der Waals surface area contributed by atoms with E-state index in [9.17, 15) is 18.3 Å². The first-order valence-corrected chi connectivity index (χ1v) is 16.0.